The molecule has 1 atom stereocenters. The number of benzene rings is 1. The van der Waals surface area contributed by atoms with E-state index < -0.39 is 0 Å². The van der Waals surface area contributed by atoms with Gasteiger partial charge in [-0.05, 0) is 31.7 Å². The van der Waals surface area contributed by atoms with E-state index in [1.54, 1.807) is 0 Å². The molecular weight excluding hydrogens is 222 g/mol. The minimum atomic E-state index is 0.251. The van der Waals surface area contributed by atoms with Crippen LogP contribution in [-0.2, 0) is 7.05 Å². The number of nitrogens with zero attached hydrogens (tertiary/aromatic N) is 2. The van der Waals surface area contributed by atoms with Crippen LogP contribution in [0.3, 0.4) is 0 Å². The Hall–Kier alpha value is -1.06. The van der Waals surface area contributed by atoms with Crippen molar-refractivity contribution in [3.63, 3.8) is 0 Å². The molecule has 0 saturated carbocycles. The van der Waals surface area contributed by atoms with Crippen molar-refractivity contribution >= 4 is 22.6 Å². The first kappa shape index (κ1) is 11.4. The van der Waals surface area contributed by atoms with Crippen LogP contribution in [0.15, 0.2) is 18.2 Å². The van der Waals surface area contributed by atoms with Crippen LogP contribution in [0.4, 0.5) is 0 Å². The lowest BCUT2D eigenvalue weighted by atomic mass is 10.3. The highest BCUT2D eigenvalue weighted by molar-refractivity contribution is 6.31. The number of fused-ring (bicyclic) bond motifs is 1. The molecule has 1 N–H and O–H groups in total. The van der Waals surface area contributed by atoms with Crippen LogP contribution in [0.25, 0.3) is 11.0 Å². The van der Waals surface area contributed by atoms with Gasteiger partial charge in [-0.25, -0.2) is 4.98 Å². The van der Waals surface area contributed by atoms with Crippen LogP contribution < -0.4 is 5.32 Å². The third kappa shape index (κ3) is 1.93. The van der Waals surface area contributed by atoms with Gasteiger partial charge in [-0.1, -0.05) is 18.5 Å². The SMILES string of the molecule is CCNC(C)c1nc2cc(Cl)ccc2n1C. The molecule has 0 bridgehead atoms. The Bertz CT molecular complexity index is 504. The van der Waals surface area contributed by atoms with Gasteiger partial charge in [0.25, 0.3) is 0 Å². The predicted octanol–water partition coefficient (Wildman–Crippen LogP) is 2.90. The minimum absolute atomic E-state index is 0.251. The molecule has 1 unspecified atom stereocenters. The van der Waals surface area contributed by atoms with Gasteiger partial charge in [0, 0.05) is 12.1 Å². The zero-order valence-corrected chi connectivity index (χ0v) is 10.5. The Morgan fingerprint density at radius 1 is 1.50 bits per heavy atom. The zero-order chi connectivity index (χ0) is 11.7. The van der Waals surface area contributed by atoms with E-state index in [0.717, 1.165) is 28.4 Å². The summed E-state index contributed by atoms with van der Waals surface area (Å²) in [5, 5.41) is 4.09. The summed E-state index contributed by atoms with van der Waals surface area (Å²) in [6.45, 7) is 5.15. The quantitative estimate of drug-likeness (QED) is 0.890. The lowest BCUT2D eigenvalue weighted by molar-refractivity contribution is 0.551. The molecule has 0 spiro atoms. The van der Waals surface area contributed by atoms with Gasteiger partial charge >= 0.3 is 0 Å². The van der Waals surface area contributed by atoms with E-state index in [4.69, 9.17) is 11.6 Å². The second-order valence-electron chi connectivity index (χ2n) is 3.94. The first-order valence-corrected chi connectivity index (χ1v) is 5.86. The van der Waals surface area contributed by atoms with E-state index >= 15 is 0 Å². The lowest BCUT2D eigenvalue weighted by Crippen LogP contribution is -2.20. The lowest BCUT2D eigenvalue weighted by Gasteiger charge is -2.11. The number of halogens is 1. The summed E-state index contributed by atoms with van der Waals surface area (Å²) < 4.78 is 2.11. The van der Waals surface area contributed by atoms with Gasteiger partial charge in [0.1, 0.15) is 5.82 Å². The number of rotatable bonds is 3. The largest absolute Gasteiger partial charge is 0.330 e. The molecule has 86 valence electrons. The second kappa shape index (κ2) is 4.44. The molecule has 1 aromatic heterocycles. The molecule has 0 fully saturated rings. The van der Waals surface area contributed by atoms with Gasteiger partial charge in [0.2, 0.25) is 0 Å². The van der Waals surface area contributed by atoms with Crippen molar-refractivity contribution in [3.05, 3.63) is 29.0 Å². The highest BCUT2D eigenvalue weighted by atomic mass is 35.5. The van der Waals surface area contributed by atoms with E-state index in [2.05, 4.69) is 28.7 Å². The van der Waals surface area contributed by atoms with Crippen molar-refractivity contribution in [2.75, 3.05) is 6.54 Å². The molecular formula is C12H16ClN3. The first-order valence-electron chi connectivity index (χ1n) is 5.48. The molecule has 3 nitrogen and oxygen atoms in total. The Labute approximate surface area is 100 Å². The molecule has 4 heteroatoms. The van der Waals surface area contributed by atoms with Crippen LogP contribution in [-0.4, -0.2) is 16.1 Å². The maximum atomic E-state index is 5.96. The van der Waals surface area contributed by atoms with Gasteiger partial charge < -0.3 is 9.88 Å². The normalized spacial score (nSPS) is 13.2. The molecule has 16 heavy (non-hydrogen) atoms. The molecule has 0 aliphatic carbocycles. The van der Waals surface area contributed by atoms with E-state index in [1.165, 1.54) is 0 Å². The average Bonchev–Trinajstić information content (AvgIpc) is 2.56. The summed E-state index contributed by atoms with van der Waals surface area (Å²) in [4.78, 5) is 4.61. The van der Waals surface area contributed by atoms with Gasteiger partial charge in [-0.3, -0.25) is 0 Å². The van der Waals surface area contributed by atoms with Crippen LogP contribution in [0.5, 0.6) is 0 Å². The molecule has 0 aliphatic heterocycles. The number of hydrogen-bond acceptors (Lipinski definition) is 2. The Balaban J connectivity index is 2.51. The zero-order valence-electron chi connectivity index (χ0n) is 9.79. The average molecular weight is 238 g/mol. The second-order valence-corrected chi connectivity index (χ2v) is 4.38. The predicted molar refractivity (Wildman–Crippen MR) is 67.8 cm³/mol. The third-order valence-corrected chi connectivity index (χ3v) is 3.01. The molecule has 0 radical (unpaired) electrons. The number of imidazole rings is 1. The molecule has 1 heterocycles. The van der Waals surface area contributed by atoms with E-state index in [-0.39, 0.29) is 6.04 Å². The van der Waals surface area contributed by atoms with E-state index in [0.29, 0.717) is 0 Å². The summed E-state index contributed by atoms with van der Waals surface area (Å²) in [5.74, 6) is 1.04. The van der Waals surface area contributed by atoms with Crippen LogP contribution in [0.1, 0.15) is 25.7 Å². The molecule has 2 rings (SSSR count). The van der Waals surface area contributed by atoms with Gasteiger partial charge in [-0.2, -0.15) is 0 Å². The van der Waals surface area contributed by atoms with Crippen molar-refractivity contribution < 1.29 is 0 Å². The minimum Gasteiger partial charge on any atom is -0.330 e. The van der Waals surface area contributed by atoms with Crippen molar-refractivity contribution in [1.82, 2.24) is 14.9 Å². The maximum absolute atomic E-state index is 5.96. The van der Waals surface area contributed by atoms with Crippen molar-refractivity contribution in [1.29, 1.82) is 0 Å². The fraction of sp³-hybridized carbons (Fsp3) is 0.417. The molecule has 0 amide bonds. The fourth-order valence-corrected chi connectivity index (χ4v) is 2.14. The maximum Gasteiger partial charge on any atom is 0.126 e. The number of nitrogens with one attached hydrogen (secondary N) is 1. The van der Waals surface area contributed by atoms with Crippen LogP contribution in [0.2, 0.25) is 5.02 Å². The van der Waals surface area contributed by atoms with Gasteiger partial charge in [0.15, 0.2) is 0 Å². The van der Waals surface area contributed by atoms with Gasteiger partial charge in [-0.15, -0.1) is 0 Å². The number of aromatic nitrogens is 2. The van der Waals surface area contributed by atoms with E-state index in [9.17, 15) is 0 Å². The first-order chi connectivity index (χ1) is 7.63. The summed E-state index contributed by atoms with van der Waals surface area (Å²) in [5.41, 5.74) is 2.07. The smallest absolute Gasteiger partial charge is 0.126 e. The summed E-state index contributed by atoms with van der Waals surface area (Å²) in [6.07, 6.45) is 0. The number of hydrogen-bond donors (Lipinski definition) is 1. The molecule has 1 aromatic carbocycles. The van der Waals surface area contributed by atoms with Crippen molar-refractivity contribution in [3.8, 4) is 0 Å². The number of aryl methyl sites for hydroxylation is 1. The topological polar surface area (TPSA) is 29.9 Å². The highest BCUT2D eigenvalue weighted by Gasteiger charge is 2.13. The van der Waals surface area contributed by atoms with Crippen LogP contribution in [0, 0.1) is 0 Å². The Morgan fingerprint density at radius 2 is 2.25 bits per heavy atom. The third-order valence-electron chi connectivity index (χ3n) is 2.78. The molecule has 2 aromatic rings. The standard InChI is InChI=1S/C12H16ClN3/c1-4-14-8(2)12-15-10-7-9(13)5-6-11(10)16(12)3/h5-8,14H,4H2,1-3H3. The summed E-state index contributed by atoms with van der Waals surface area (Å²) in [7, 11) is 2.03. The summed E-state index contributed by atoms with van der Waals surface area (Å²) in [6, 6.07) is 6.06. The summed E-state index contributed by atoms with van der Waals surface area (Å²) >= 11 is 5.96. The molecule has 0 aliphatic rings. The Morgan fingerprint density at radius 3 is 2.94 bits per heavy atom. The molecule has 0 saturated heterocycles. The Kier molecular flexibility index (Phi) is 3.17. The van der Waals surface area contributed by atoms with Crippen LogP contribution >= 0.6 is 11.6 Å². The monoisotopic (exact) mass is 237 g/mol. The van der Waals surface area contributed by atoms with E-state index in [1.807, 2.05) is 25.2 Å². The fourth-order valence-electron chi connectivity index (χ4n) is 1.98. The van der Waals surface area contributed by atoms with Gasteiger partial charge in [0.05, 0.1) is 17.1 Å². The van der Waals surface area contributed by atoms with Crippen molar-refractivity contribution in [2.45, 2.75) is 19.9 Å². The van der Waals surface area contributed by atoms with Crippen molar-refractivity contribution in [2.24, 2.45) is 7.05 Å². The highest BCUT2D eigenvalue weighted by Crippen LogP contribution is 2.22.